The molecule has 30 heavy (non-hydrogen) atoms. The van der Waals surface area contributed by atoms with E-state index < -0.39 is 6.10 Å². The standard InChI is InChI=1S/C25H40O5/c1-7-20-22(26)15(3)17(5)25(28-20)30-23-16(4)18(6)24(29-21(23)8-2)27-14-19-12-10-9-11-13-19/h9-13,15-18,20-26H,7-8,14H2,1-6H3/t15-,16-,17?,18?,20?,21?,22+,23+,24-,25+/m1/s1. The van der Waals surface area contributed by atoms with Crippen LogP contribution in [0.25, 0.3) is 0 Å². The molecule has 3 rings (SSSR count). The van der Waals surface area contributed by atoms with E-state index in [1.807, 2.05) is 25.1 Å². The molecule has 2 aliphatic heterocycles. The number of hydrogen-bond donors (Lipinski definition) is 1. The molecule has 2 aliphatic rings. The summed E-state index contributed by atoms with van der Waals surface area (Å²) in [4.78, 5) is 0. The van der Waals surface area contributed by atoms with E-state index in [1.54, 1.807) is 0 Å². The molecule has 1 aromatic rings. The van der Waals surface area contributed by atoms with Crippen LogP contribution in [0.2, 0.25) is 0 Å². The first kappa shape index (κ1) is 23.7. The van der Waals surface area contributed by atoms with Gasteiger partial charge in [-0.15, -0.1) is 0 Å². The molecule has 2 fully saturated rings. The summed E-state index contributed by atoms with van der Waals surface area (Å²) < 4.78 is 25.3. The van der Waals surface area contributed by atoms with Crippen molar-refractivity contribution in [2.24, 2.45) is 23.7 Å². The van der Waals surface area contributed by atoms with Crippen molar-refractivity contribution in [3.8, 4) is 0 Å². The van der Waals surface area contributed by atoms with Crippen molar-refractivity contribution in [3.05, 3.63) is 35.9 Å². The summed E-state index contributed by atoms with van der Waals surface area (Å²) in [6.45, 7) is 13.3. The van der Waals surface area contributed by atoms with Crippen molar-refractivity contribution >= 4 is 0 Å². The second-order valence-corrected chi connectivity index (χ2v) is 9.23. The maximum atomic E-state index is 10.5. The van der Waals surface area contributed by atoms with E-state index in [1.165, 1.54) is 0 Å². The topological polar surface area (TPSA) is 57.2 Å². The van der Waals surface area contributed by atoms with Crippen LogP contribution in [-0.4, -0.2) is 42.1 Å². The van der Waals surface area contributed by atoms with Crippen LogP contribution in [0.5, 0.6) is 0 Å². The van der Waals surface area contributed by atoms with E-state index in [9.17, 15) is 5.11 Å². The Morgan fingerprint density at radius 1 is 0.800 bits per heavy atom. The fraction of sp³-hybridized carbons (Fsp3) is 0.760. The summed E-state index contributed by atoms with van der Waals surface area (Å²) in [7, 11) is 0. The van der Waals surface area contributed by atoms with Gasteiger partial charge in [0, 0.05) is 11.8 Å². The van der Waals surface area contributed by atoms with Gasteiger partial charge in [0.2, 0.25) is 0 Å². The Morgan fingerprint density at radius 3 is 2.03 bits per heavy atom. The van der Waals surface area contributed by atoms with E-state index in [4.69, 9.17) is 18.9 Å². The molecule has 0 amide bonds. The highest BCUT2D eigenvalue weighted by atomic mass is 16.7. The van der Waals surface area contributed by atoms with E-state index in [0.717, 1.165) is 18.4 Å². The molecule has 0 bridgehead atoms. The summed E-state index contributed by atoms with van der Waals surface area (Å²) in [6.07, 6.45) is 0.318. The lowest BCUT2D eigenvalue weighted by Crippen LogP contribution is -2.56. The Hall–Kier alpha value is -0.980. The highest BCUT2D eigenvalue weighted by molar-refractivity contribution is 5.13. The fourth-order valence-corrected chi connectivity index (χ4v) is 4.67. The third-order valence-corrected chi connectivity index (χ3v) is 7.29. The molecule has 0 aliphatic carbocycles. The summed E-state index contributed by atoms with van der Waals surface area (Å²) >= 11 is 0. The van der Waals surface area contributed by atoms with Crippen molar-refractivity contribution in [1.82, 2.24) is 0 Å². The molecular weight excluding hydrogens is 380 g/mol. The van der Waals surface area contributed by atoms with Crippen molar-refractivity contribution < 1.29 is 24.1 Å². The van der Waals surface area contributed by atoms with Gasteiger partial charge in [-0.3, -0.25) is 0 Å². The molecule has 4 unspecified atom stereocenters. The molecule has 0 aromatic heterocycles. The van der Waals surface area contributed by atoms with Gasteiger partial charge in [-0.05, 0) is 30.2 Å². The Kier molecular flexibility index (Phi) is 8.33. The molecule has 0 radical (unpaired) electrons. The number of aliphatic hydroxyl groups excluding tert-OH is 1. The number of hydrogen-bond acceptors (Lipinski definition) is 5. The molecule has 5 heteroatoms. The van der Waals surface area contributed by atoms with Crippen molar-refractivity contribution in [2.75, 3.05) is 0 Å². The highest BCUT2D eigenvalue weighted by Crippen LogP contribution is 2.39. The van der Waals surface area contributed by atoms with Crippen LogP contribution in [0.1, 0.15) is 59.9 Å². The van der Waals surface area contributed by atoms with Gasteiger partial charge in [0.05, 0.1) is 31.0 Å². The van der Waals surface area contributed by atoms with E-state index in [0.29, 0.717) is 6.61 Å². The zero-order valence-electron chi connectivity index (χ0n) is 19.4. The Bertz CT molecular complexity index is 634. The van der Waals surface area contributed by atoms with E-state index in [-0.39, 0.29) is 54.6 Å². The van der Waals surface area contributed by atoms with Gasteiger partial charge in [-0.2, -0.15) is 0 Å². The fourth-order valence-electron chi connectivity index (χ4n) is 4.67. The Balaban J connectivity index is 1.66. The Labute approximate surface area is 182 Å². The number of benzene rings is 1. The summed E-state index contributed by atoms with van der Waals surface area (Å²) in [5.74, 6) is 0.718. The van der Waals surface area contributed by atoms with Gasteiger partial charge in [0.1, 0.15) is 0 Å². The largest absolute Gasteiger partial charge is 0.390 e. The van der Waals surface area contributed by atoms with Gasteiger partial charge in [0.15, 0.2) is 12.6 Å². The van der Waals surface area contributed by atoms with Crippen LogP contribution in [0.15, 0.2) is 30.3 Å². The second-order valence-electron chi connectivity index (χ2n) is 9.23. The zero-order chi connectivity index (χ0) is 21.8. The van der Waals surface area contributed by atoms with Crippen LogP contribution in [0.3, 0.4) is 0 Å². The van der Waals surface area contributed by atoms with E-state index in [2.05, 4.69) is 46.8 Å². The average molecular weight is 421 g/mol. The van der Waals surface area contributed by atoms with Crippen LogP contribution < -0.4 is 0 Å². The molecule has 2 saturated heterocycles. The molecular formula is C25H40O5. The number of ether oxygens (including phenoxy) is 4. The maximum absolute atomic E-state index is 10.5. The van der Waals surface area contributed by atoms with Crippen molar-refractivity contribution in [1.29, 1.82) is 0 Å². The minimum Gasteiger partial charge on any atom is -0.390 e. The lowest BCUT2D eigenvalue weighted by Gasteiger charge is -2.48. The molecule has 0 spiro atoms. The highest BCUT2D eigenvalue weighted by Gasteiger charge is 2.46. The monoisotopic (exact) mass is 420 g/mol. The van der Waals surface area contributed by atoms with Crippen molar-refractivity contribution in [3.63, 3.8) is 0 Å². The van der Waals surface area contributed by atoms with Crippen LogP contribution >= 0.6 is 0 Å². The molecule has 10 atom stereocenters. The summed E-state index contributed by atoms with van der Waals surface area (Å²) in [5.41, 5.74) is 1.15. The smallest absolute Gasteiger partial charge is 0.161 e. The second kappa shape index (κ2) is 10.6. The van der Waals surface area contributed by atoms with Gasteiger partial charge in [0.25, 0.3) is 0 Å². The lowest BCUT2D eigenvalue weighted by atomic mass is 9.82. The van der Waals surface area contributed by atoms with Crippen LogP contribution in [-0.2, 0) is 25.6 Å². The molecule has 5 nitrogen and oxygen atoms in total. The minimum absolute atomic E-state index is 0.0463. The first-order valence-corrected chi connectivity index (χ1v) is 11.7. The molecule has 1 aromatic carbocycles. The molecule has 1 N–H and O–H groups in total. The van der Waals surface area contributed by atoms with Gasteiger partial charge >= 0.3 is 0 Å². The quantitative estimate of drug-likeness (QED) is 0.689. The zero-order valence-corrected chi connectivity index (χ0v) is 19.4. The maximum Gasteiger partial charge on any atom is 0.161 e. The SMILES string of the molecule is CCC1O[C@@H](O[C@@H]2C(CC)O[C@@H](OCc3ccccc3)C(C)[C@H]2C)C(C)[C@@H](C)[C@@H]1O. The molecule has 0 saturated carbocycles. The van der Waals surface area contributed by atoms with Gasteiger partial charge in [-0.1, -0.05) is 71.9 Å². The molecule has 170 valence electrons. The Morgan fingerprint density at radius 2 is 1.40 bits per heavy atom. The average Bonchev–Trinajstić information content (AvgIpc) is 2.77. The predicted molar refractivity (Wildman–Crippen MR) is 117 cm³/mol. The predicted octanol–water partition coefficient (Wildman–Crippen LogP) is 4.76. The third-order valence-electron chi connectivity index (χ3n) is 7.29. The lowest BCUT2D eigenvalue weighted by molar-refractivity contribution is -0.329. The third kappa shape index (κ3) is 5.08. The number of aliphatic hydroxyl groups is 1. The van der Waals surface area contributed by atoms with Gasteiger partial charge < -0.3 is 24.1 Å². The van der Waals surface area contributed by atoms with E-state index >= 15 is 0 Å². The van der Waals surface area contributed by atoms with Crippen LogP contribution in [0.4, 0.5) is 0 Å². The summed E-state index contributed by atoms with van der Waals surface area (Å²) in [5, 5.41) is 10.5. The number of rotatable bonds is 7. The van der Waals surface area contributed by atoms with Crippen molar-refractivity contribution in [2.45, 2.75) is 98.0 Å². The van der Waals surface area contributed by atoms with Gasteiger partial charge in [-0.25, -0.2) is 0 Å². The first-order chi connectivity index (χ1) is 14.4. The van der Waals surface area contributed by atoms with Crippen LogP contribution in [0, 0.1) is 23.7 Å². The molecule has 2 heterocycles. The summed E-state index contributed by atoms with van der Waals surface area (Å²) in [6, 6.07) is 10.2. The first-order valence-electron chi connectivity index (χ1n) is 11.7. The normalized spacial score (nSPS) is 42.2. The minimum atomic E-state index is -0.443.